The van der Waals surface area contributed by atoms with Crippen molar-refractivity contribution in [2.75, 3.05) is 5.75 Å². The highest BCUT2D eigenvalue weighted by Gasteiger charge is 2.27. The highest BCUT2D eigenvalue weighted by molar-refractivity contribution is 7.99. The molecule has 1 aliphatic carbocycles. The van der Waals surface area contributed by atoms with E-state index in [2.05, 4.69) is 12.2 Å². The Morgan fingerprint density at radius 2 is 2.10 bits per heavy atom. The van der Waals surface area contributed by atoms with Gasteiger partial charge in [0.25, 0.3) is 5.91 Å². The number of thioether (sulfide) groups is 1. The second-order valence-corrected chi connectivity index (χ2v) is 7.15. The van der Waals surface area contributed by atoms with E-state index in [1.165, 1.54) is 19.3 Å². The first-order valence-electron chi connectivity index (χ1n) is 7.76. The second kappa shape index (κ2) is 6.22. The first-order chi connectivity index (χ1) is 10.2. The first kappa shape index (κ1) is 14.6. The summed E-state index contributed by atoms with van der Waals surface area (Å²) in [6, 6.07) is 5.77. The van der Waals surface area contributed by atoms with E-state index in [9.17, 15) is 9.59 Å². The summed E-state index contributed by atoms with van der Waals surface area (Å²) in [6.45, 7) is 2.21. The summed E-state index contributed by atoms with van der Waals surface area (Å²) in [5.74, 6) is 1.45. The van der Waals surface area contributed by atoms with Gasteiger partial charge in [-0.15, -0.1) is 11.8 Å². The van der Waals surface area contributed by atoms with Crippen LogP contribution in [-0.2, 0) is 0 Å². The molecular weight excluding hydrogens is 282 g/mol. The molecule has 4 heteroatoms. The average Bonchev–Trinajstić information content (AvgIpc) is 2.49. The quantitative estimate of drug-likeness (QED) is 0.906. The molecule has 1 fully saturated rings. The smallest absolute Gasteiger partial charge is 0.252 e. The fourth-order valence-corrected chi connectivity index (χ4v) is 4.39. The van der Waals surface area contributed by atoms with E-state index in [-0.39, 0.29) is 17.7 Å². The molecule has 2 atom stereocenters. The molecule has 0 bridgehead atoms. The number of carbonyl (C=O) groups excluding carboxylic acids is 2. The Hall–Kier alpha value is -1.29. The van der Waals surface area contributed by atoms with Crippen LogP contribution in [0.15, 0.2) is 23.1 Å². The summed E-state index contributed by atoms with van der Waals surface area (Å²) in [5, 5.41) is 3.19. The van der Waals surface area contributed by atoms with Crippen molar-refractivity contribution in [3.8, 4) is 0 Å². The zero-order valence-corrected chi connectivity index (χ0v) is 13.2. The molecule has 1 aromatic rings. The first-order valence-corrected chi connectivity index (χ1v) is 8.75. The van der Waals surface area contributed by atoms with E-state index < -0.39 is 0 Å². The molecule has 0 aromatic heterocycles. The van der Waals surface area contributed by atoms with Crippen LogP contribution in [0, 0.1) is 5.92 Å². The molecule has 1 heterocycles. The van der Waals surface area contributed by atoms with Crippen molar-refractivity contribution in [2.24, 2.45) is 5.92 Å². The lowest BCUT2D eigenvalue weighted by molar-refractivity contribution is 0.0907. The van der Waals surface area contributed by atoms with Gasteiger partial charge in [-0.3, -0.25) is 9.59 Å². The molecule has 0 spiro atoms. The van der Waals surface area contributed by atoms with Gasteiger partial charge in [0.2, 0.25) is 0 Å². The second-order valence-electron chi connectivity index (χ2n) is 6.05. The number of fused-ring (bicyclic) bond motifs is 1. The van der Waals surface area contributed by atoms with E-state index in [0.717, 1.165) is 22.6 Å². The minimum absolute atomic E-state index is 0.0206. The summed E-state index contributed by atoms with van der Waals surface area (Å²) < 4.78 is 0. The van der Waals surface area contributed by atoms with Gasteiger partial charge >= 0.3 is 0 Å². The van der Waals surface area contributed by atoms with Crippen molar-refractivity contribution in [3.05, 3.63) is 29.3 Å². The van der Waals surface area contributed by atoms with Crippen molar-refractivity contribution in [1.29, 1.82) is 0 Å². The van der Waals surface area contributed by atoms with Crippen LogP contribution in [-0.4, -0.2) is 23.5 Å². The highest BCUT2D eigenvalue weighted by Crippen LogP contribution is 2.33. The normalized spacial score (nSPS) is 25.3. The third-order valence-corrected chi connectivity index (χ3v) is 5.70. The molecule has 1 N–H and O–H groups in total. The lowest BCUT2D eigenvalue weighted by Crippen LogP contribution is -2.41. The maximum Gasteiger partial charge on any atom is 0.252 e. The van der Waals surface area contributed by atoms with Gasteiger partial charge in [0.1, 0.15) is 0 Å². The Kier molecular flexibility index (Phi) is 4.34. The van der Waals surface area contributed by atoms with Crippen LogP contribution in [0.5, 0.6) is 0 Å². The Balaban J connectivity index is 1.82. The Morgan fingerprint density at radius 1 is 1.29 bits per heavy atom. The van der Waals surface area contributed by atoms with Gasteiger partial charge in [0, 0.05) is 28.7 Å². The van der Waals surface area contributed by atoms with E-state index >= 15 is 0 Å². The van der Waals surface area contributed by atoms with Crippen LogP contribution < -0.4 is 5.32 Å². The molecule has 1 aromatic carbocycles. The Morgan fingerprint density at radius 3 is 2.90 bits per heavy atom. The third kappa shape index (κ3) is 3.00. The summed E-state index contributed by atoms with van der Waals surface area (Å²) in [5.41, 5.74) is 1.39. The van der Waals surface area contributed by atoms with E-state index in [1.54, 1.807) is 11.8 Å². The molecule has 1 saturated carbocycles. The predicted molar refractivity (Wildman–Crippen MR) is 85.0 cm³/mol. The summed E-state index contributed by atoms with van der Waals surface area (Å²) in [7, 11) is 0. The Labute approximate surface area is 129 Å². The van der Waals surface area contributed by atoms with Gasteiger partial charge in [0.15, 0.2) is 5.78 Å². The zero-order chi connectivity index (χ0) is 14.8. The molecule has 1 aliphatic heterocycles. The minimum Gasteiger partial charge on any atom is -0.349 e. The molecule has 0 saturated heterocycles. The topological polar surface area (TPSA) is 46.2 Å². The summed E-state index contributed by atoms with van der Waals surface area (Å²) >= 11 is 1.63. The fourth-order valence-electron chi connectivity index (χ4n) is 3.25. The van der Waals surface area contributed by atoms with Crippen LogP contribution in [0.25, 0.3) is 0 Å². The highest BCUT2D eigenvalue weighted by atomic mass is 32.2. The van der Waals surface area contributed by atoms with Gasteiger partial charge in [-0.05, 0) is 24.8 Å². The largest absolute Gasteiger partial charge is 0.349 e. The minimum atomic E-state index is -0.0206. The van der Waals surface area contributed by atoms with Gasteiger partial charge in [-0.25, -0.2) is 0 Å². The molecule has 2 aliphatic rings. The molecule has 0 radical (unpaired) electrons. The standard InChI is InChI=1S/C17H21NO2S/c1-11-5-2-3-8-14(11)18-17(20)13-7-4-6-12-15(19)9-10-21-16(12)13/h4,6-7,11,14H,2-3,5,8-10H2,1H3,(H,18,20)/t11-,14-/m0/s1. The number of rotatable bonds is 2. The number of hydrogen-bond acceptors (Lipinski definition) is 3. The fraction of sp³-hybridized carbons (Fsp3) is 0.529. The lowest BCUT2D eigenvalue weighted by Gasteiger charge is -2.30. The van der Waals surface area contributed by atoms with Crippen LogP contribution in [0.3, 0.4) is 0 Å². The number of hydrogen-bond donors (Lipinski definition) is 1. The average molecular weight is 303 g/mol. The van der Waals surface area contributed by atoms with Crippen molar-refractivity contribution in [1.82, 2.24) is 5.32 Å². The maximum atomic E-state index is 12.6. The van der Waals surface area contributed by atoms with Crippen molar-refractivity contribution < 1.29 is 9.59 Å². The van der Waals surface area contributed by atoms with Crippen molar-refractivity contribution >= 4 is 23.5 Å². The monoisotopic (exact) mass is 303 g/mol. The van der Waals surface area contributed by atoms with Crippen LogP contribution in [0.2, 0.25) is 0 Å². The van der Waals surface area contributed by atoms with E-state index in [0.29, 0.717) is 17.9 Å². The zero-order valence-electron chi connectivity index (χ0n) is 12.4. The van der Waals surface area contributed by atoms with Gasteiger partial charge in [-0.1, -0.05) is 31.9 Å². The summed E-state index contributed by atoms with van der Waals surface area (Å²) in [6.07, 6.45) is 5.27. The van der Waals surface area contributed by atoms with E-state index in [4.69, 9.17) is 0 Å². The predicted octanol–water partition coefficient (Wildman–Crippen LogP) is 3.67. The van der Waals surface area contributed by atoms with Crippen LogP contribution >= 0.6 is 11.8 Å². The maximum absolute atomic E-state index is 12.6. The number of amides is 1. The summed E-state index contributed by atoms with van der Waals surface area (Å²) in [4.78, 5) is 25.4. The van der Waals surface area contributed by atoms with E-state index in [1.807, 2.05) is 18.2 Å². The lowest BCUT2D eigenvalue weighted by atomic mass is 9.86. The van der Waals surface area contributed by atoms with Gasteiger partial charge < -0.3 is 5.32 Å². The molecule has 3 rings (SSSR count). The van der Waals surface area contributed by atoms with Crippen molar-refractivity contribution in [2.45, 2.75) is 50.0 Å². The van der Waals surface area contributed by atoms with Gasteiger partial charge in [0.05, 0.1) is 5.56 Å². The van der Waals surface area contributed by atoms with Crippen LogP contribution in [0.1, 0.15) is 59.7 Å². The molecule has 3 nitrogen and oxygen atoms in total. The number of Topliss-reactive ketones (excluding diaryl/α,β-unsaturated/α-hetero) is 1. The van der Waals surface area contributed by atoms with Crippen LogP contribution in [0.4, 0.5) is 0 Å². The molecular formula is C17H21NO2S. The molecule has 0 unspecified atom stereocenters. The molecule has 21 heavy (non-hydrogen) atoms. The number of carbonyl (C=O) groups is 2. The van der Waals surface area contributed by atoms with Crippen molar-refractivity contribution in [3.63, 3.8) is 0 Å². The molecule has 112 valence electrons. The third-order valence-electron chi connectivity index (χ3n) is 4.56. The number of ketones is 1. The SMILES string of the molecule is C[C@H]1CCCC[C@@H]1NC(=O)c1cccc2c1SCCC2=O. The number of nitrogens with one attached hydrogen (secondary N) is 1. The molecule has 1 amide bonds. The Bertz CT molecular complexity index is 570. The van der Waals surface area contributed by atoms with Gasteiger partial charge in [-0.2, -0.15) is 0 Å². The number of benzene rings is 1.